The van der Waals surface area contributed by atoms with Gasteiger partial charge < -0.3 is 69.7 Å². The molecule has 0 spiro atoms. The number of fused-ring (bicyclic) bond motifs is 4. The molecule has 2 unspecified atom stereocenters. The molecule has 8 aliphatic heterocycles. The number of ketones is 1. The molecule has 1 saturated carbocycles. The highest BCUT2D eigenvalue weighted by atomic mass is 32.1. The van der Waals surface area contributed by atoms with Crippen molar-refractivity contribution in [1.82, 2.24) is 62.1 Å². The summed E-state index contributed by atoms with van der Waals surface area (Å²) in [6.07, 6.45) is 1.85. The number of carbonyl (C=O) groups excluding carboxylic acids is 13. The number of rotatable bonds is 18. The van der Waals surface area contributed by atoms with Crippen LogP contribution in [0, 0.1) is 60.2 Å². The fraction of sp³-hybridized carbons (Fsp3) is 0.278. The first-order valence-electron chi connectivity index (χ1n) is 38.6. The molecule has 8 aromatic rings. The van der Waals surface area contributed by atoms with E-state index >= 15 is 0 Å². The topological polar surface area (TPSA) is 397 Å². The zero-order chi connectivity index (χ0) is 87.2. The predicted octanol–water partition coefficient (Wildman–Crippen LogP) is 6.74. The third-order valence-electron chi connectivity index (χ3n) is 21.3. The number of aliphatic hydroxyl groups excluding tert-OH is 1. The number of aliphatic hydroxyl groups is 1. The van der Waals surface area contributed by atoms with Crippen LogP contribution in [0.5, 0.6) is 23.0 Å². The van der Waals surface area contributed by atoms with Gasteiger partial charge in [0.05, 0.1) is 82.0 Å². The van der Waals surface area contributed by atoms with Crippen molar-refractivity contribution in [2.45, 2.75) is 94.7 Å². The molecule has 5 fully saturated rings. The number of thiophene rings is 2. The lowest BCUT2D eigenvalue weighted by Crippen LogP contribution is -2.54. The molecular formula is C90H80N12O19S2. The minimum Gasteiger partial charge on any atom is -0.497 e. The van der Waals surface area contributed by atoms with Crippen molar-refractivity contribution >= 4 is 99.8 Å². The van der Waals surface area contributed by atoms with E-state index in [1.54, 1.807) is 91.9 Å². The summed E-state index contributed by atoms with van der Waals surface area (Å²) in [5.74, 6) is 22.9. The number of ether oxygens (including phenoxy) is 5. The molecule has 10 heterocycles. The summed E-state index contributed by atoms with van der Waals surface area (Å²) in [5.41, 5.74) is 2.51. The number of Topliss-reactive ketones (excluding diaryl/α,β-unsaturated/α-hetero) is 1. The van der Waals surface area contributed by atoms with Crippen molar-refractivity contribution in [1.29, 1.82) is 0 Å². The Kier molecular flexibility index (Phi) is 24.4. The van der Waals surface area contributed by atoms with Crippen molar-refractivity contribution in [2.75, 3.05) is 61.2 Å². The SMILES string of the molecule is COc1ccc2c(c1)C(=O)N(CC1(C#Cc3ccc(C(C)O)s3)NC(=O)NC1=O)C2.COc1ccc2c(c1)C(=O)N(C[C@@]1(C#Cc3ccc(C(C)=O)s3)NC(=O)NC1=O)C2.COc1ccc2c(c1)C(=O)N(C[C@@]1(C#Cc3cccc(COCC4CC4)c3)NC(=O)NC1=O)C2.COc1ccc2c(c1)C(=O)N(C[C@@]1(C#Cc3ccccc3C)NC(=O)NC1=O)C2. The van der Waals surface area contributed by atoms with Crippen LogP contribution in [0.4, 0.5) is 19.2 Å². The highest BCUT2D eigenvalue weighted by molar-refractivity contribution is 7.14. The van der Waals surface area contributed by atoms with Crippen LogP contribution in [-0.2, 0) is 56.7 Å². The summed E-state index contributed by atoms with van der Waals surface area (Å²) in [6.45, 7) is 7.19. The van der Waals surface area contributed by atoms with Gasteiger partial charge in [-0.2, -0.15) is 0 Å². The largest absolute Gasteiger partial charge is 0.497 e. The molecule has 626 valence electrons. The maximum Gasteiger partial charge on any atom is 0.323 e. The minimum absolute atomic E-state index is 0.0563. The van der Waals surface area contributed by atoms with Gasteiger partial charge in [-0.25, -0.2) is 19.2 Å². The number of hydrogen-bond acceptors (Lipinski definition) is 21. The van der Waals surface area contributed by atoms with E-state index in [0.717, 1.165) is 50.4 Å². The standard InChI is InChI=1S/C26H25N3O5.C22H19N3O4.C21H19N3O5S.C21H17N3O5S/c1-33-21-8-7-20-13-29(23(30)22(20)12-21)16-26(24(31)27-25(32)28-26)10-9-17-3-2-4-19(11-17)15-34-14-18-5-6-18;1-14-5-3-4-6-15(14)9-10-22(20(27)23-21(28)24-22)13-25-12-16-7-8-17(29-2)11-18(16)19(25)26;2*1-12(25)17-6-5-15(30-17)7-8-21(19(27)22-20(28)23-21)11-24-10-13-3-4-14(29-2)9-16(13)18(24)26/h2-4,7-8,11-12,18H,5-6,13-16H2,1H3,(H2,27,28,31,32);3-8,11H,12-13H2,1-2H3,(H2,23,24,27,28);3-6,9,12,25H,10-11H2,1-2H3,(H2,22,23,27,28);3-6,9H,10-11H2,1-2H3,(H2,22,23,27,28)/t26-;22-;;21-/m11.1/s1. The van der Waals surface area contributed by atoms with Crippen molar-refractivity contribution < 1.29 is 91.1 Å². The van der Waals surface area contributed by atoms with Gasteiger partial charge in [-0.1, -0.05) is 102 Å². The fourth-order valence-electron chi connectivity index (χ4n) is 14.5. The number of amides is 16. The number of nitrogens with one attached hydrogen (secondary N) is 8. The second-order valence-electron chi connectivity index (χ2n) is 30.1. The summed E-state index contributed by atoms with van der Waals surface area (Å²) in [7, 11) is 6.11. The molecule has 0 bridgehead atoms. The van der Waals surface area contributed by atoms with E-state index in [9.17, 15) is 67.4 Å². The van der Waals surface area contributed by atoms with Crippen LogP contribution in [0.2, 0.25) is 0 Å². The third kappa shape index (κ3) is 18.6. The monoisotopic (exact) mass is 1700 g/mol. The van der Waals surface area contributed by atoms with Crippen molar-refractivity contribution in [3.05, 3.63) is 232 Å². The molecule has 5 atom stereocenters. The Labute approximate surface area is 713 Å². The van der Waals surface area contributed by atoms with E-state index in [4.69, 9.17) is 23.7 Å². The van der Waals surface area contributed by atoms with E-state index < -0.39 is 76.0 Å². The van der Waals surface area contributed by atoms with Gasteiger partial charge in [0.2, 0.25) is 22.2 Å². The Hall–Kier alpha value is -14.6. The van der Waals surface area contributed by atoms with E-state index in [-0.39, 0.29) is 62.1 Å². The van der Waals surface area contributed by atoms with Gasteiger partial charge in [0, 0.05) is 71.0 Å². The van der Waals surface area contributed by atoms with E-state index in [1.165, 1.54) is 90.5 Å². The maximum absolute atomic E-state index is 13.0. The smallest absolute Gasteiger partial charge is 0.323 e. The van der Waals surface area contributed by atoms with Crippen molar-refractivity contribution in [3.8, 4) is 70.4 Å². The van der Waals surface area contributed by atoms with Gasteiger partial charge in [-0.3, -0.25) is 64.4 Å². The van der Waals surface area contributed by atoms with Gasteiger partial charge in [0.25, 0.3) is 47.3 Å². The molecule has 6 aromatic carbocycles. The Morgan fingerprint density at radius 3 is 1.17 bits per heavy atom. The van der Waals surface area contributed by atoms with E-state index in [0.29, 0.717) is 97.6 Å². The number of imide groups is 4. The Bertz CT molecular complexity index is 6050. The lowest BCUT2D eigenvalue weighted by molar-refractivity contribution is -0.123. The first-order valence-corrected chi connectivity index (χ1v) is 40.3. The average Bonchev–Trinajstić information content (AvgIpc) is 1.63. The molecule has 31 nitrogen and oxygen atoms in total. The highest BCUT2D eigenvalue weighted by Gasteiger charge is 2.53. The van der Waals surface area contributed by atoms with Gasteiger partial charge in [0.15, 0.2) is 5.78 Å². The minimum atomic E-state index is -1.58. The molecule has 1 aliphatic carbocycles. The zero-order valence-corrected chi connectivity index (χ0v) is 69.0. The van der Waals surface area contributed by atoms with Crippen molar-refractivity contribution in [2.24, 2.45) is 5.92 Å². The normalized spacial score (nSPS) is 20.4. The van der Waals surface area contributed by atoms with Crippen LogP contribution in [0.25, 0.3) is 0 Å². The van der Waals surface area contributed by atoms with Crippen molar-refractivity contribution in [3.63, 3.8) is 0 Å². The van der Waals surface area contributed by atoms with Crippen LogP contribution in [0.15, 0.2) is 146 Å². The summed E-state index contributed by atoms with van der Waals surface area (Å²) < 4.78 is 26.5. The first-order chi connectivity index (χ1) is 59.0. The van der Waals surface area contributed by atoms with Crippen LogP contribution in [0.1, 0.15) is 143 Å². The Balaban J connectivity index is 0.000000134. The van der Waals surface area contributed by atoms with E-state index in [2.05, 4.69) is 89.9 Å². The number of hydrogen-bond donors (Lipinski definition) is 9. The summed E-state index contributed by atoms with van der Waals surface area (Å²) in [6, 6.07) is 40.4. The molecule has 2 aromatic heterocycles. The molecular weight excluding hydrogens is 1620 g/mol. The summed E-state index contributed by atoms with van der Waals surface area (Å²) in [5, 5.41) is 29.0. The van der Waals surface area contributed by atoms with Gasteiger partial charge in [-0.15, -0.1) is 22.7 Å². The molecule has 33 heteroatoms. The Morgan fingerprint density at radius 2 is 0.829 bits per heavy atom. The molecule has 4 saturated heterocycles. The van der Waals surface area contributed by atoms with Crippen LogP contribution >= 0.6 is 22.7 Å². The molecule has 123 heavy (non-hydrogen) atoms. The number of benzene rings is 6. The molecule has 0 radical (unpaired) electrons. The molecule has 9 aliphatic rings. The number of aryl methyl sites for hydroxylation is 1. The number of urea groups is 4. The van der Waals surface area contributed by atoms with Gasteiger partial charge in [-0.05, 0) is 164 Å². The van der Waals surface area contributed by atoms with Gasteiger partial charge >= 0.3 is 24.1 Å². The third-order valence-corrected chi connectivity index (χ3v) is 23.5. The number of methoxy groups -OCH3 is 4. The number of carbonyl (C=O) groups is 13. The fourth-order valence-corrected chi connectivity index (χ4v) is 16.0. The lowest BCUT2D eigenvalue weighted by atomic mass is 9.98. The molecule has 17 rings (SSSR count). The van der Waals surface area contributed by atoms with Crippen LogP contribution < -0.4 is 61.5 Å². The average molecular weight is 1700 g/mol. The summed E-state index contributed by atoms with van der Waals surface area (Å²) in [4.78, 5) is 170. The number of nitrogens with zero attached hydrogens (tertiary/aromatic N) is 4. The van der Waals surface area contributed by atoms with Crippen LogP contribution in [0.3, 0.4) is 0 Å². The van der Waals surface area contributed by atoms with Crippen LogP contribution in [-0.4, -0.2) is 185 Å². The van der Waals surface area contributed by atoms with Gasteiger partial charge in [0.1, 0.15) is 23.0 Å². The maximum atomic E-state index is 13.0. The first kappa shape index (κ1) is 84.8. The second-order valence-corrected chi connectivity index (χ2v) is 32.3. The molecule has 16 amide bonds. The lowest BCUT2D eigenvalue weighted by Gasteiger charge is -2.26. The highest BCUT2D eigenvalue weighted by Crippen LogP contribution is 2.35. The quantitative estimate of drug-likeness (QED) is 0.0244. The predicted molar refractivity (Wildman–Crippen MR) is 445 cm³/mol. The second kappa shape index (κ2) is 35.4. The van der Waals surface area contributed by atoms with E-state index in [1.807, 2.05) is 67.6 Å². The Morgan fingerprint density at radius 1 is 0.455 bits per heavy atom. The molecule has 9 N–H and O–H groups in total. The summed E-state index contributed by atoms with van der Waals surface area (Å²) >= 11 is 2.50. The zero-order valence-electron chi connectivity index (χ0n) is 67.4.